The van der Waals surface area contributed by atoms with E-state index in [-0.39, 0.29) is 23.4 Å². The molecule has 0 aliphatic rings. The maximum absolute atomic E-state index is 12.6. The third-order valence-electron chi connectivity index (χ3n) is 3.06. The van der Waals surface area contributed by atoms with Gasteiger partial charge in [0.1, 0.15) is 5.75 Å². The van der Waals surface area contributed by atoms with Gasteiger partial charge in [-0.1, -0.05) is 24.3 Å². The number of carbonyl (C=O) groups is 1. The summed E-state index contributed by atoms with van der Waals surface area (Å²) in [4.78, 5) is 12.0. The van der Waals surface area contributed by atoms with Crippen molar-refractivity contribution in [3.05, 3.63) is 65.2 Å². The largest absolute Gasteiger partial charge is 0.434 e. The van der Waals surface area contributed by atoms with Gasteiger partial charge in [0.15, 0.2) is 0 Å². The van der Waals surface area contributed by atoms with Gasteiger partial charge in [0.2, 0.25) is 0 Å². The number of halogens is 5. The predicted molar refractivity (Wildman–Crippen MR) is 75.7 cm³/mol. The number of rotatable bonds is 5. The Kier molecular flexibility index (Phi) is 5.38. The zero-order valence-electron chi connectivity index (χ0n) is 12.1. The van der Waals surface area contributed by atoms with Crippen LogP contribution in [0.15, 0.2) is 48.5 Å². The highest BCUT2D eigenvalue weighted by Crippen LogP contribution is 2.29. The smallest absolute Gasteiger partial charge is 0.416 e. The molecule has 1 N–H and O–H groups in total. The Balaban J connectivity index is 2.09. The van der Waals surface area contributed by atoms with Crippen molar-refractivity contribution >= 4 is 5.91 Å². The average molecular weight is 345 g/mol. The second kappa shape index (κ2) is 7.29. The Morgan fingerprint density at radius 2 is 1.79 bits per heavy atom. The number of carbonyl (C=O) groups excluding carboxylic acids is 1. The number of amides is 1. The third-order valence-corrected chi connectivity index (χ3v) is 3.06. The minimum Gasteiger partial charge on any atom is -0.434 e. The maximum Gasteiger partial charge on any atom is 0.416 e. The van der Waals surface area contributed by atoms with E-state index >= 15 is 0 Å². The van der Waals surface area contributed by atoms with Crippen molar-refractivity contribution in [3.63, 3.8) is 0 Å². The number of nitrogens with one attached hydrogen (secondary N) is 1. The number of hydrogen-bond acceptors (Lipinski definition) is 2. The third kappa shape index (κ3) is 4.68. The van der Waals surface area contributed by atoms with Crippen LogP contribution in [0.3, 0.4) is 0 Å². The SMILES string of the molecule is O=C(NCc1cccc(C(F)(F)F)c1)c1ccccc1OC(F)F. The molecule has 0 fully saturated rings. The highest BCUT2D eigenvalue weighted by atomic mass is 19.4. The fourth-order valence-electron chi connectivity index (χ4n) is 1.99. The molecule has 0 saturated carbocycles. The molecule has 2 aromatic rings. The standard InChI is InChI=1S/C16H12F5NO2/c17-15(18)24-13-7-2-1-6-12(13)14(23)22-9-10-4-3-5-11(8-10)16(19,20)21/h1-8,15H,9H2,(H,22,23). The van der Waals surface area contributed by atoms with Gasteiger partial charge in [0.05, 0.1) is 11.1 Å². The molecule has 0 atom stereocenters. The number of hydrogen-bond donors (Lipinski definition) is 1. The molecule has 0 bridgehead atoms. The van der Waals surface area contributed by atoms with Gasteiger partial charge in [-0.25, -0.2) is 0 Å². The molecule has 0 radical (unpaired) electrons. The monoisotopic (exact) mass is 345 g/mol. The highest BCUT2D eigenvalue weighted by Gasteiger charge is 2.30. The molecular formula is C16H12F5NO2. The minimum absolute atomic E-state index is 0.134. The first-order chi connectivity index (χ1) is 11.3. The lowest BCUT2D eigenvalue weighted by Crippen LogP contribution is -2.24. The van der Waals surface area contributed by atoms with Crippen molar-refractivity contribution in [2.45, 2.75) is 19.3 Å². The normalized spacial score (nSPS) is 11.4. The van der Waals surface area contributed by atoms with Crippen LogP contribution < -0.4 is 10.1 Å². The molecule has 0 heterocycles. The zero-order valence-corrected chi connectivity index (χ0v) is 12.1. The van der Waals surface area contributed by atoms with Gasteiger partial charge in [-0.2, -0.15) is 22.0 Å². The van der Waals surface area contributed by atoms with Crippen molar-refractivity contribution in [2.75, 3.05) is 0 Å². The molecule has 0 aliphatic heterocycles. The number of ether oxygens (including phenoxy) is 1. The lowest BCUT2D eigenvalue weighted by atomic mass is 10.1. The van der Waals surface area contributed by atoms with E-state index in [1.54, 1.807) is 0 Å². The summed E-state index contributed by atoms with van der Waals surface area (Å²) >= 11 is 0. The summed E-state index contributed by atoms with van der Waals surface area (Å²) in [7, 11) is 0. The summed E-state index contributed by atoms with van der Waals surface area (Å²) in [5.41, 5.74) is -0.745. The number of para-hydroxylation sites is 1. The molecule has 2 rings (SSSR count). The van der Waals surface area contributed by atoms with E-state index in [1.807, 2.05) is 0 Å². The van der Waals surface area contributed by atoms with Crippen molar-refractivity contribution < 1.29 is 31.5 Å². The van der Waals surface area contributed by atoms with E-state index in [9.17, 15) is 26.7 Å². The van der Waals surface area contributed by atoms with Gasteiger partial charge in [0, 0.05) is 6.54 Å². The Hall–Kier alpha value is -2.64. The van der Waals surface area contributed by atoms with Crippen LogP contribution >= 0.6 is 0 Å². The van der Waals surface area contributed by atoms with Gasteiger partial charge < -0.3 is 10.1 Å². The summed E-state index contributed by atoms with van der Waals surface area (Å²) in [6, 6.07) is 9.80. The Labute approximate surface area is 134 Å². The maximum atomic E-state index is 12.6. The van der Waals surface area contributed by atoms with Gasteiger partial charge in [-0.3, -0.25) is 4.79 Å². The van der Waals surface area contributed by atoms with Crippen LogP contribution in [-0.4, -0.2) is 12.5 Å². The molecule has 2 aromatic carbocycles. The summed E-state index contributed by atoms with van der Waals surface area (Å²) in [6.45, 7) is -3.28. The second-order valence-electron chi connectivity index (χ2n) is 4.76. The number of alkyl halides is 5. The number of benzene rings is 2. The van der Waals surface area contributed by atoms with E-state index in [4.69, 9.17) is 0 Å². The van der Waals surface area contributed by atoms with Crippen molar-refractivity contribution in [1.82, 2.24) is 5.32 Å². The summed E-state index contributed by atoms with van der Waals surface area (Å²) < 4.78 is 66.8. The quantitative estimate of drug-likeness (QED) is 0.824. The topological polar surface area (TPSA) is 38.3 Å². The second-order valence-corrected chi connectivity index (χ2v) is 4.76. The van der Waals surface area contributed by atoms with Crippen molar-refractivity contribution in [2.24, 2.45) is 0 Å². The first-order valence-electron chi connectivity index (χ1n) is 6.75. The molecule has 8 heteroatoms. The summed E-state index contributed by atoms with van der Waals surface area (Å²) in [6.07, 6.45) is -4.49. The molecule has 0 aliphatic carbocycles. The summed E-state index contributed by atoms with van der Waals surface area (Å²) in [5.74, 6) is -1.04. The molecule has 3 nitrogen and oxygen atoms in total. The molecule has 128 valence electrons. The Morgan fingerprint density at radius 3 is 2.46 bits per heavy atom. The molecular weight excluding hydrogens is 333 g/mol. The molecule has 0 unspecified atom stereocenters. The molecule has 0 saturated heterocycles. The Bertz CT molecular complexity index is 716. The van der Waals surface area contributed by atoms with Crippen LogP contribution in [0.2, 0.25) is 0 Å². The van der Waals surface area contributed by atoms with Crippen molar-refractivity contribution in [3.8, 4) is 5.75 Å². The van der Waals surface area contributed by atoms with Crippen LogP contribution in [0, 0.1) is 0 Å². The van der Waals surface area contributed by atoms with Crippen LogP contribution in [0.4, 0.5) is 22.0 Å². The van der Waals surface area contributed by atoms with E-state index in [1.165, 1.54) is 36.4 Å². The molecule has 0 spiro atoms. The van der Waals surface area contributed by atoms with Crippen molar-refractivity contribution in [1.29, 1.82) is 0 Å². The average Bonchev–Trinajstić information content (AvgIpc) is 2.52. The van der Waals surface area contributed by atoms with E-state index in [0.29, 0.717) is 0 Å². The highest BCUT2D eigenvalue weighted by molar-refractivity contribution is 5.96. The zero-order chi connectivity index (χ0) is 17.7. The molecule has 0 aromatic heterocycles. The van der Waals surface area contributed by atoms with Gasteiger partial charge >= 0.3 is 12.8 Å². The van der Waals surface area contributed by atoms with Gasteiger partial charge in [-0.15, -0.1) is 0 Å². The fraction of sp³-hybridized carbons (Fsp3) is 0.188. The minimum atomic E-state index is -4.49. The van der Waals surface area contributed by atoms with Crippen LogP contribution in [0.1, 0.15) is 21.5 Å². The molecule has 1 amide bonds. The predicted octanol–water partition coefficient (Wildman–Crippen LogP) is 4.24. The summed E-state index contributed by atoms with van der Waals surface area (Å²) in [5, 5.41) is 2.38. The lowest BCUT2D eigenvalue weighted by molar-refractivity contribution is -0.137. The fourth-order valence-corrected chi connectivity index (χ4v) is 1.99. The Morgan fingerprint density at radius 1 is 1.08 bits per heavy atom. The first kappa shape index (κ1) is 17.7. The van der Waals surface area contributed by atoms with Crippen LogP contribution in [0.5, 0.6) is 5.75 Å². The first-order valence-corrected chi connectivity index (χ1v) is 6.75. The van der Waals surface area contributed by atoms with E-state index in [0.717, 1.165) is 12.1 Å². The van der Waals surface area contributed by atoms with Crippen LogP contribution in [-0.2, 0) is 12.7 Å². The van der Waals surface area contributed by atoms with E-state index < -0.39 is 24.3 Å². The van der Waals surface area contributed by atoms with E-state index in [2.05, 4.69) is 10.1 Å². The lowest BCUT2D eigenvalue weighted by Gasteiger charge is -2.12. The molecule has 24 heavy (non-hydrogen) atoms. The van der Waals surface area contributed by atoms with Crippen LogP contribution in [0.25, 0.3) is 0 Å². The van der Waals surface area contributed by atoms with Gasteiger partial charge in [-0.05, 0) is 29.8 Å². The van der Waals surface area contributed by atoms with Gasteiger partial charge in [0.25, 0.3) is 5.91 Å².